The van der Waals surface area contributed by atoms with Crippen LogP contribution in [-0.2, 0) is 9.59 Å². The molecule has 6 rings (SSSR count). The van der Waals surface area contributed by atoms with Crippen LogP contribution in [-0.4, -0.2) is 18.9 Å². The first-order chi connectivity index (χ1) is 10.7. The first-order valence-electron chi connectivity index (χ1n) is 7.91. The van der Waals surface area contributed by atoms with Gasteiger partial charge in [0.2, 0.25) is 11.8 Å². The molecule has 22 heavy (non-hydrogen) atoms. The Bertz CT molecular complexity index is 689. The number of para-hydroxylation sites is 2. The van der Waals surface area contributed by atoms with E-state index < -0.39 is 0 Å². The van der Waals surface area contributed by atoms with Gasteiger partial charge in [-0.15, -0.1) is 0 Å². The zero-order chi connectivity index (χ0) is 15.0. The molecule has 1 saturated heterocycles. The van der Waals surface area contributed by atoms with E-state index in [0.29, 0.717) is 23.3 Å². The summed E-state index contributed by atoms with van der Waals surface area (Å²) in [5.41, 5.74) is 0.586. The summed E-state index contributed by atoms with van der Waals surface area (Å²) in [6, 6.07) is 7.27. The molecule has 2 saturated carbocycles. The lowest BCUT2D eigenvalue weighted by molar-refractivity contribution is -0.124. The summed E-state index contributed by atoms with van der Waals surface area (Å²) in [7, 11) is 1.57. The average molecular weight is 295 g/mol. The quantitative estimate of drug-likeness (QED) is 0.621. The van der Waals surface area contributed by atoms with Crippen LogP contribution in [0.25, 0.3) is 0 Å². The molecule has 4 aliphatic carbocycles. The first-order valence-corrected chi connectivity index (χ1v) is 7.91. The molecule has 0 N–H and O–H groups in total. The number of amides is 2. The Morgan fingerprint density at radius 2 is 1.59 bits per heavy atom. The monoisotopic (exact) mass is 295 g/mol. The predicted octanol–water partition coefficient (Wildman–Crippen LogP) is 2.25. The van der Waals surface area contributed by atoms with E-state index in [2.05, 4.69) is 12.2 Å². The SMILES string of the molecule is COc1ccccc1N1C(=O)[C@@H]2[C@@H]3C=C[C@@H]([C@@H]4C[C@H]34)[C@@H]2C1=O. The molecule has 0 aromatic heterocycles. The highest BCUT2D eigenvalue weighted by Gasteiger charge is 2.67. The van der Waals surface area contributed by atoms with Crippen molar-refractivity contribution < 1.29 is 14.3 Å². The summed E-state index contributed by atoms with van der Waals surface area (Å²) in [5, 5.41) is 0. The molecule has 1 aromatic carbocycles. The van der Waals surface area contributed by atoms with Gasteiger partial charge in [0.05, 0.1) is 24.6 Å². The number of rotatable bonds is 2. The van der Waals surface area contributed by atoms with Crippen molar-refractivity contribution in [1.29, 1.82) is 0 Å². The van der Waals surface area contributed by atoms with Crippen molar-refractivity contribution >= 4 is 17.5 Å². The number of hydrogen-bond donors (Lipinski definition) is 0. The maximum absolute atomic E-state index is 13.0. The second-order valence-corrected chi connectivity index (χ2v) is 6.84. The van der Waals surface area contributed by atoms with E-state index in [4.69, 9.17) is 4.74 Å². The Morgan fingerprint density at radius 1 is 1.00 bits per heavy atom. The summed E-state index contributed by atoms with van der Waals surface area (Å²) >= 11 is 0. The molecule has 4 heteroatoms. The van der Waals surface area contributed by atoms with Gasteiger partial charge in [0.15, 0.2) is 0 Å². The first kappa shape index (κ1) is 12.4. The summed E-state index contributed by atoms with van der Waals surface area (Å²) in [6.45, 7) is 0. The van der Waals surface area contributed by atoms with E-state index >= 15 is 0 Å². The summed E-state index contributed by atoms with van der Waals surface area (Å²) in [6.07, 6.45) is 5.57. The molecule has 112 valence electrons. The molecule has 5 aliphatic rings. The van der Waals surface area contributed by atoms with E-state index in [1.54, 1.807) is 19.2 Å². The smallest absolute Gasteiger partial charge is 0.238 e. The summed E-state index contributed by atoms with van der Waals surface area (Å²) in [5.74, 6) is 1.97. The number of carbonyl (C=O) groups excluding carboxylic acids is 2. The zero-order valence-corrected chi connectivity index (χ0v) is 12.3. The molecule has 4 nitrogen and oxygen atoms in total. The minimum atomic E-state index is -0.156. The van der Waals surface area contributed by atoms with Crippen molar-refractivity contribution in [3.63, 3.8) is 0 Å². The molecule has 2 bridgehead atoms. The average Bonchev–Trinajstić information content (AvgIpc) is 3.32. The lowest BCUT2D eigenvalue weighted by Crippen LogP contribution is -2.40. The molecule has 0 unspecified atom stereocenters. The second-order valence-electron chi connectivity index (χ2n) is 6.84. The topological polar surface area (TPSA) is 46.6 Å². The van der Waals surface area contributed by atoms with Crippen molar-refractivity contribution in [2.24, 2.45) is 35.5 Å². The Morgan fingerprint density at radius 3 is 2.18 bits per heavy atom. The van der Waals surface area contributed by atoms with E-state index in [1.807, 2.05) is 12.1 Å². The van der Waals surface area contributed by atoms with Gasteiger partial charge in [-0.1, -0.05) is 24.3 Å². The fraction of sp³-hybridized carbons (Fsp3) is 0.444. The largest absolute Gasteiger partial charge is 0.495 e. The van der Waals surface area contributed by atoms with Gasteiger partial charge in [-0.05, 0) is 42.2 Å². The number of methoxy groups -OCH3 is 1. The normalized spacial score (nSPS) is 40.7. The molecule has 0 spiro atoms. The van der Waals surface area contributed by atoms with Crippen LogP contribution >= 0.6 is 0 Å². The number of allylic oxidation sites excluding steroid dienone is 2. The minimum absolute atomic E-state index is 0.0378. The highest BCUT2D eigenvalue weighted by atomic mass is 16.5. The number of imide groups is 1. The number of nitrogens with zero attached hydrogens (tertiary/aromatic N) is 1. The fourth-order valence-corrected chi connectivity index (χ4v) is 5.01. The standard InChI is InChI=1S/C18H17NO3/c1-22-14-5-3-2-4-13(14)19-17(20)15-9-6-7-10(12-8-11(9)12)16(15)18(19)21/h2-7,9-12,15-16H,8H2,1H3/t9-,10+,11-,12+,15-,16+. The molecular weight excluding hydrogens is 278 g/mol. The van der Waals surface area contributed by atoms with Gasteiger partial charge < -0.3 is 4.74 Å². The van der Waals surface area contributed by atoms with E-state index in [0.717, 1.165) is 0 Å². The Balaban J connectivity index is 1.60. The minimum Gasteiger partial charge on any atom is -0.495 e. The van der Waals surface area contributed by atoms with Gasteiger partial charge in [0.25, 0.3) is 0 Å². The van der Waals surface area contributed by atoms with Crippen molar-refractivity contribution in [3.05, 3.63) is 36.4 Å². The Hall–Kier alpha value is -2.10. The van der Waals surface area contributed by atoms with Gasteiger partial charge >= 0.3 is 0 Å². The molecule has 1 heterocycles. The third-order valence-electron chi connectivity index (χ3n) is 5.99. The van der Waals surface area contributed by atoms with E-state index in [9.17, 15) is 9.59 Å². The van der Waals surface area contributed by atoms with Crippen LogP contribution in [0.15, 0.2) is 36.4 Å². The van der Waals surface area contributed by atoms with Crippen molar-refractivity contribution in [2.45, 2.75) is 6.42 Å². The van der Waals surface area contributed by atoms with Crippen LogP contribution in [0.4, 0.5) is 5.69 Å². The van der Waals surface area contributed by atoms with Gasteiger partial charge in [-0.2, -0.15) is 0 Å². The van der Waals surface area contributed by atoms with Gasteiger partial charge in [0, 0.05) is 0 Å². The van der Waals surface area contributed by atoms with Crippen LogP contribution in [0.3, 0.4) is 0 Å². The third-order valence-corrected chi connectivity index (χ3v) is 5.99. The van der Waals surface area contributed by atoms with Crippen molar-refractivity contribution in [2.75, 3.05) is 12.0 Å². The molecular formula is C18H17NO3. The van der Waals surface area contributed by atoms with Crippen LogP contribution in [0.1, 0.15) is 6.42 Å². The van der Waals surface area contributed by atoms with E-state index in [1.165, 1.54) is 11.3 Å². The zero-order valence-electron chi connectivity index (χ0n) is 12.3. The van der Waals surface area contributed by atoms with Crippen LogP contribution in [0.2, 0.25) is 0 Å². The number of carbonyl (C=O) groups is 2. The molecule has 1 aliphatic heterocycles. The van der Waals surface area contributed by atoms with Crippen LogP contribution in [0.5, 0.6) is 5.75 Å². The van der Waals surface area contributed by atoms with Crippen LogP contribution < -0.4 is 9.64 Å². The highest BCUT2D eigenvalue weighted by molar-refractivity contribution is 6.23. The lowest BCUT2D eigenvalue weighted by Gasteiger charge is -2.37. The molecule has 0 radical (unpaired) electrons. The molecule has 3 fully saturated rings. The van der Waals surface area contributed by atoms with Crippen molar-refractivity contribution in [1.82, 2.24) is 0 Å². The van der Waals surface area contributed by atoms with Gasteiger partial charge in [-0.25, -0.2) is 4.90 Å². The fourth-order valence-electron chi connectivity index (χ4n) is 5.01. The number of ether oxygens (including phenoxy) is 1. The van der Waals surface area contributed by atoms with Crippen LogP contribution in [0, 0.1) is 35.5 Å². The maximum Gasteiger partial charge on any atom is 0.238 e. The van der Waals surface area contributed by atoms with Gasteiger partial charge in [-0.3, -0.25) is 9.59 Å². The number of hydrogen-bond acceptors (Lipinski definition) is 3. The van der Waals surface area contributed by atoms with Gasteiger partial charge in [0.1, 0.15) is 5.75 Å². The Kier molecular flexibility index (Phi) is 2.26. The predicted molar refractivity (Wildman–Crippen MR) is 80.2 cm³/mol. The second kappa shape index (κ2) is 4.00. The Labute approximate surface area is 128 Å². The molecule has 2 amide bonds. The summed E-state index contributed by atoms with van der Waals surface area (Å²) < 4.78 is 5.35. The highest BCUT2D eigenvalue weighted by Crippen LogP contribution is 2.65. The number of anilines is 1. The molecule has 6 atom stereocenters. The van der Waals surface area contributed by atoms with Crippen molar-refractivity contribution in [3.8, 4) is 5.75 Å². The van der Waals surface area contributed by atoms with E-state index in [-0.39, 0.29) is 35.5 Å². The summed E-state index contributed by atoms with van der Waals surface area (Å²) in [4.78, 5) is 27.4. The third kappa shape index (κ3) is 1.33. The number of benzene rings is 1. The lowest BCUT2D eigenvalue weighted by atomic mass is 9.63. The molecule has 1 aromatic rings. The maximum atomic E-state index is 13.0.